The average Bonchev–Trinajstić information content (AvgIpc) is 2.17. The maximum atomic E-state index is 12.2. The summed E-state index contributed by atoms with van der Waals surface area (Å²) in [7, 11) is 0. The van der Waals surface area contributed by atoms with Crippen molar-refractivity contribution in [2.45, 2.75) is 25.6 Å². The number of nitrogen functional groups attached to an aromatic ring is 1. The molecule has 7 heteroatoms. The van der Waals surface area contributed by atoms with Crippen LogP contribution in [0.4, 0.5) is 24.5 Å². The molecule has 0 heterocycles. The number of carboxylic acid groups (broad SMARTS) is 1. The van der Waals surface area contributed by atoms with Gasteiger partial charge in [0, 0.05) is 6.04 Å². The average molecular weight is 262 g/mol. The molecule has 0 aromatic heterocycles. The van der Waals surface area contributed by atoms with Crippen molar-refractivity contribution in [1.82, 2.24) is 0 Å². The Morgan fingerprint density at radius 3 is 2.61 bits per heavy atom. The zero-order valence-electron chi connectivity index (χ0n) is 9.58. The summed E-state index contributed by atoms with van der Waals surface area (Å²) in [5.74, 6) is -1.25. The molecule has 0 amide bonds. The summed E-state index contributed by atoms with van der Waals surface area (Å²) in [6, 6.07) is 3.17. The molecule has 0 radical (unpaired) electrons. The van der Waals surface area contributed by atoms with E-state index in [1.165, 1.54) is 25.1 Å². The molecular weight excluding hydrogens is 249 g/mol. The number of alkyl halides is 3. The maximum absolute atomic E-state index is 12.2. The molecule has 0 fully saturated rings. The van der Waals surface area contributed by atoms with E-state index in [0.29, 0.717) is 0 Å². The minimum absolute atomic E-state index is 0.0155. The second kappa shape index (κ2) is 5.16. The van der Waals surface area contributed by atoms with Gasteiger partial charge in [-0.25, -0.2) is 4.79 Å². The van der Waals surface area contributed by atoms with Gasteiger partial charge in [-0.1, -0.05) is 6.07 Å². The molecule has 1 unspecified atom stereocenters. The van der Waals surface area contributed by atoms with E-state index in [-0.39, 0.29) is 16.9 Å². The summed E-state index contributed by atoms with van der Waals surface area (Å²) < 4.78 is 36.5. The van der Waals surface area contributed by atoms with Crippen molar-refractivity contribution in [2.24, 2.45) is 0 Å². The normalized spacial score (nSPS) is 13.1. The van der Waals surface area contributed by atoms with Crippen molar-refractivity contribution in [1.29, 1.82) is 0 Å². The molecule has 1 atom stereocenters. The Labute approximate surface area is 102 Å². The van der Waals surface area contributed by atoms with Gasteiger partial charge in [0.2, 0.25) is 0 Å². The number of hydrogen-bond donors (Lipinski definition) is 3. The van der Waals surface area contributed by atoms with Crippen molar-refractivity contribution in [3.63, 3.8) is 0 Å². The number of benzene rings is 1. The maximum Gasteiger partial charge on any atom is 0.391 e. The van der Waals surface area contributed by atoms with Gasteiger partial charge in [-0.2, -0.15) is 13.2 Å². The number of carbonyl (C=O) groups is 1. The zero-order chi connectivity index (χ0) is 13.9. The lowest BCUT2D eigenvalue weighted by molar-refractivity contribution is -0.136. The van der Waals surface area contributed by atoms with Gasteiger partial charge < -0.3 is 16.2 Å². The molecule has 1 aromatic carbocycles. The SMILES string of the molecule is CC(CC(F)(F)F)Nc1c(N)cccc1C(=O)O. The number of rotatable bonds is 4. The van der Waals surface area contributed by atoms with E-state index in [2.05, 4.69) is 5.32 Å². The molecule has 0 aliphatic rings. The molecule has 0 aliphatic heterocycles. The Bertz CT molecular complexity index is 446. The van der Waals surface area contributed by atoms with E-state index >= 15 is 0 Å². The number of anilines is 2. The predicted molar refractivity (Wildman–Crippen MR) is 61.6 cm³/mol. The van der Waals surface area contributed by atoms with Crippen molar-refractivity contribution in [3.05, 3.63) is 23.8 Å². The van der Waals surface area contributed by atoms with E-state index in [4.69, 9.17) is 10.8 Å². The van der Waals surface area contributed by atoms with Gasteiger partial charge in [0.25, 0.3) is 0 Å². The predicted octanol–water partition coefficient (Wildman–Crippen LogP) is 2.72. The second-order valence-electron chi connectivity index (χ2n) is 3.94. The van der Waals surface area contributed by atoms with Crippen LogP contribution in [0.3, 0.4) is 0 Å². The molecule has 4 N–H and O–H groups in total. The fourth-order valence-corrected chi connectivity index (χ4v) is 1.55. The smallest absolute Gasteiger partial charge is 0.391 e. The van der Waals surface area contributed by atoms with Crippen molar-refractivity contribution in [2.75, 3.05) is 11.1 Å². The molecule has 0 bridgehead atoms. The summed E-state index contributed by atoms with van der Waals surface area (Å²) in [6.45, 7) is 1.31. The van der Waals surface area contributed by atoms with Crippen molar-refractivity contribution in [3.8, 4) is 0 Å². The highest BCUT2D eigenvalue weighted by Crippen LogP contribution is 2.28. The molecule has 18 heavy (non-hydrogen) atoms. The summed E-state index contributed by atoms with van der Waals surface area (Å²) in [5.41, 5.74) is 5.53. The largest absolute Gasteiger partial charge is 0.478 e. The van der Waals surface area contributed by atoms with E-state index in [9.17, 15) is 18.0 Å². The van der Waals surface area contributed by atoms with E-state index in [1.54, 1.807) is 0 Å². The molecule has 0 spiro atoms. The zero-order valence-corrected chi connectivity index (χ0v) is 9.58. The van der Waals surface area contributed by atoms with Crippen LogP contribution in [-0.4, -0.2) is 23.3 Å². The molecule has 1 aromatic rings. The minimum atomic E-state index is -4.32. The van der Waals surface area contributed by atoms with Crippen LogP contribution >= 0.6 is 0 Å². The second-order valence-corrected chi connectivity index (χ2v) is 3.94. The van der Waals surface area contributed by atoms with E-state index in [0.717, 1.165) is 0 Å². The third-order valence-corrected chi connectivity index (χ3v) is 2.26. The number of hydrogen-bond acceptors (Lipinski definition) is 3. The molecule has 4 nitrogen and oxygen atoms in total. The van der Waals surface area contributed by atoms with Crippen LogP contribution in [0, 0.1) is 0 Å². The lowest BCUT2D eigenvalue weighted by Gasteiger charge is -2.19. The summed E-state index contributed by atoms with van der Waals surface area (Å²) in [6.07, 6.45) is -5.39. The fourth-order valence-electron chi connectivity index (χ4n) is 1.55. The third-order valence-electron chi connectivity index (χ3n) is 2.26. The first kappa shape index (κ1) is 14.1. The molecule has 1 rings (SSSR count). The first-order chi connectivity index (χ1) is 8.20. The fraction of sp³-hybridized carbons (Fsp3) is 0.364. The van der Waals surface area contributed by atoms with Crippen LogP contribution in [0.1, 0.15) is 23.7 Å². The van der Waals surface area contributed by atoms with Gasteiger partial charge in [0.15, 0.2) is 0 Å². The van der Waals surface area contributed by atoms with Gasteiger partial charge >= 0.3 is 12.1 Å². The van der Waals surface area contributed by atoms with Gasteiger partial charge in [-0.3, -0.25) is 0 Å². The monoisotopic (exact) mass is 262 g/mol. The molecule has 100 valence electrons. The highest BCUT2D eigenvalue weighted by atomic mass is 19.4. The number of carboxylic acids is 1. The topological polar surface area (TPSA) is 75.3 Å². The first-order valence-electron chi connectivity index (χ1n) is 5.16. The van der Waals surface area contributed by atoms with Crippen molar-refractivity contribution < 1.29 is 23.1 Å². The number of aromatic carboxylic acids is 1. The van der Waals surface area contributed by atoms with Gasteiger partial charge in [-0.05, 0) is 19.1 Å². The molecule has 0 saturated carbocycles. The Morgan fingerprint density at radius 1 is 1.50 bits per heavy atom. The number of nitrogens with two attached hydrogens (primary N) is 1. The number of halogens is 3. The van der Waals surface area contributed by atoms with E-state index < -0.39 is 24.6 Å². The van der Waals surface area contributed by atoms with Crippen LogP contribution in [0.25, 0.3) is 0 Å². The van der Waals surface area contributed by atoms with E-state index in [1.807, 2.05) is 0 Å². The lowest BCUT2D eigenvalue weighted by atomic mass is 10.1. The summed E-state index contributed by atoms with van der Waals surface area (Å²) >= 11 is 0. The Hall–Kier alpha value is -1.92. The van der Waals surface area contributed by atoms with Crippen LogP contribution in [0.5, 0.6) is 0 Å². The van der Waals surface area contributed by atoms with Crippen LogP contribution in [-0.2, 0) is 0 Å². The van der Waals surface area contributed by atoms with Gasteiger partial charge in [0.05, 0.1) is 23.4 Å². The van der Waals surface area contributed by atoms with Crippen LogP contribution < -0.4 is 11.1 Å². The standard InChI is InChI=1S/C11H13F3N2O2/c1-6(5-11(12,13)14)16-9-7(10(17)18)3-2-4-8(9)15/h2-4,6,16H,5,15H2,1H3,(H,17,18). The van der Waals surface area contributed by atoms with Gasteiger partial charge in [0.1, 0.15) is 0 Å². The lowest BCUT2D eigenvalue weighted by Crippen LogP contribution is -2.25. The quantitative estimate of drug-likeness (QED) is 0.729. The summed E-state index contributed by atoms with van der Waals surface area (Å²) in [5, 5.41) is 11.4. The van der Waals surface area contributed by atoms with Gasteiger partial charge in [-0.15, -0.1) is 0 Å². The first-order valence-corrected chi connectivity index (χ1v) is 5.16. The highest BCUT2D eigenvalue weighted by molar-refractivity contribution is 5.97. The van der Waals surface area contributed by atoms with Crippen molar-refractivity contribution >= 4 is 17.3 Å². The Kier molecular flexibility index (Phi) is 4.05. The van der Waals surface area contributed by atoms with Crippen LogP contribution in [0.2, 0.25) is 0 Å². The minimum Gasteiger partial charge on any atom is -0.478 e. The highest BCUT2D eigenvalue weighted by Gasteiger charge is 2.30. The molecule has 0 saturated heterocycles. The molecular formula is C11H13F3N2O2. The number of para-hydroxylation sites is 1. The van der Waals surface area contributed by atoms with Crippen LogP contribution in [0.15, 0.2) is 18.2 Å². The third kappa shape index (κ3) is 3.83. The molecule has 0 aliphatic carbocycles. The Morgan fingerprint density at radius 2 is 2.11 bits per heavy atom. The Balaban J connectivity index is 2.93. The number of nitrogens with one attached hydrogen (secondary N) is 1. The summed E-state index contributed by atoms with van der Waals surface area (Å²) in [4.78, 5) is 10.9.